The molecule has 0 rings (SSSR count). The van der Waals surface area contributed by atoms with E-state index >= 15 is 0 Å². The predicted octanol–water partition coefficient (Wildman–Crippen LogP) is 4.54. The molecule has 0 aromatic heterocycles. The molecule has 0 saturated heterocycles. The molecule has 0 spiro atoms. The monoisotopic (exact) mass is 482 g/mol. The van der Waals surface area contributed by atoms with Crippen molar-refractivity contribution in [1.82, 2.24) is 0 Å². The molecule has 0 atom stereocenters. The summed E-state index contributed by atoms with van der Waals surface area (Å²) < 4.78 is 31.0. The maximum atomic E-state index is 5.40. The van der Waals surface area contributed by atoms with Crippen LogP contribution in [0.25, 0.3) is 0 Å². The molecule has 0 N–H and O–H groups in total. The average Bonchev–Trinajstić information content (AvgIpc) is 2.46. The first-order valence-electron chi connectivity index (χ1n) is 7.19. The van der Waals surface area contributed by atoms with Gasteiger partial charge in [0.05, 0.1) is 0 Å². The first kappa shape index (κ1) is 30.3. The fourth-order valence-electron chi connectivity index (χ4n) is 1.16. The van der Waals surface area contributed by atoms with Crippen LogP contribution in [-0.4, -0.2) is 64.1 Å². The summed E-state index contributed by atoms with van der Waals surface area (Å²) in [6.07, 6.45) is 0. The number of rotatable bonds is 9. The van der Waals surface area contributed by atoms with Gasteiger partial charge in [0.15, 0.2) is 0 Å². The SMILES string of the molecule is CCO[Si](C)(OCC)OCC.CO[Si](C)(OC)OC.Cl[Si](Cl)(Cl)Cl. The molecular formula is C11H30Cl4O6Si3. The maximum Gasteiger partial charge on any atom is 0.497 e. The largest absolute Gasteiger partial charge is 0.497 e. The van der Waals surface area contributed by atoms with E-state index < -0.39 is 22.9 Å². The summed E-state index contributed by atoms with van der Waals surface area (Å²) in [5, 5.41) is -2.72. The zero-order valence-corrected chi connectivity index (χ0v) is 21.6. The Hall–Kier alpha value is 1.57. The van der Waals surface area contributed by atoms with Crippen molar-refractivity contribution >= 4 is 67.2 Å². The topological polar surface area (TPSA) is 55.4 Å². The molecule has 24 heavy (non-hydrogen) atoms. The summed E-state index contributed by atoms with van der Waals surface area (Å²) in [5.74, 6) is 0. The minimum Gasteiger partial charge on any atom is -0.377 e. The Morgan fingerprint density at radius 1 is 0.583 bits per heavy atom. The van der Waals surface area contributed by atoms with Crippen molar-refractivity contribution in [2.45, 2.75) is 33.9 Å². The highest BCUT2D eigenvalue weighted by Gasteiger charge is 2.33. The lowest BCUT2D eigenvalue weighted by Gasteiger charge is -2.23. The van der Waals surface area contributed by atoms with E-state index in [1.54, 1.807) is 21.3 Å². The fourth-order valence-corrected chi connectivity index (χ4v) is 3.48. The molecule has 13 heteroatoms. The zero-order chi connectivity index (χ0) is 19.9. The van der Waals surface area contributed by atoms with E-state index in [1.165, 1.54) is 0 Å². The highest BCUT2D eigenvalue weighted by molar-refractivity contribution is 7.81. The van der Waals surface area contributed by atoms with Gasteiger partial charge in [-0.1, -0.05) is 0 Å². The van der Waals surface area contributed by atoms with E-state index in [2.05, 4.69) is 0 Å². The van der Waals surface area contributed by atoms with E-state index in [1.807, 2.05) is 33.9 Å². The normalized spacial score (nSPS) is 12.0. The molecule has 0 amide bonds. The van der Waals surface area contributed by atoms with Crippen molar-refractivity contribution in [2.75, 3.05) is 41.2 Å². The molecule has 0 aliphatic heterocycles. The third kappa shape index (κ3) is 23.6. The zero-order valence-electron chi connectivity index (χ0n) is 15.6. The highest BCUT2D eigenvalue weighted by atomic mass is 36.0. The number of hydrogen-bond acceptors (Lipinski definition) is 6. The van der Waals surface area contributed by atoms with E-state index in [0.717, 1.165) is 0 Å². The summed E-state index contributed by atoms with van der Waals surface area (Å²) in [6.45, 7) is 11.6. The summed E-state index contributed by atoms with van der Waals surface area (Å²) in [5.41, 5.74) is 0. The molecule has 0 unspecified atom stereocenters. The molecule has 0 heterocycles. The van der Waals surface area contributed by atoms with E-state index in [9.17, 15) is 0 Å². The van der Waals surface area contributed by atoms with Gasteiger partial charge in [-0.25, -0.2) is 0 Å². The fraction of sp³-hybridized carbons (Fsp3) is 1.00. The van der Waals surface area contributed by atoms with Crippen LogP contribution < -0.4 is 0 Å². The summed E-state index contributed by atoms with van der Waals surface area (Å²) >= 11 is 19.9. The molecular weight excluding hydrogens is 454 g/mol. The van der Waals surface area contributed by atoms with Crippen LogP contribution in [0.5, 0.6) is 0 Å². The quantitative estimate of drug-likeness (QED) is 0.354. The molecule has 0 saturated carbocycles. The molecule has 0 radical (unpaired) electrons. The average molecular weight is 484 g/mol. The van der Waals surface area contributed by atoms with E-state index in [4.69, 9.17) is 70.9 Å². The first-order chi connectivity index (χ1) is 10.9. The van der Waals surface area contributed by atoms with Crippen LogP contribution in [0.2, 0.25) is 13.1 Å². The van der Waals surface area contributed by atoms with Gasteiger partial charge in [0.2, 0.25) is 0 Å². The van der Waals surface area contributed by atoms with Gasteiger partial charge >= 0.3 is 22.9 Å². The second-order valence-electron chi connectivity index (χ2n) is 4.06. The Morgan fingerprint density at radius 3 is 0.875 bits per heavy atom. The van der Waals surface area contributed by atoms with Gasteiger partial charge in [-0.3, -0.25) is 0 Å². The molecule has 0 bridgehead atoms. The van der Waals surface area contributed by atoms with Crippen molar-refractivity contribution in [3.8, 4) is 0 Å². The van der Waals surface area contributed by atoms with Crippen molar-refractivity contribution in [3.63, 3.8) is 0 Å². The molecule has 0 aliphatic carbocycles. The van der Waals surface area contributed by atoms with Crippen LogP contribution in [0.4, 0.5) is 0 Å². The van der Waals surface area contributed by atoms with Crippen LogP contribution in [0, 0.1) is 0 Å². The van der Waals surface area contributed by atoms with Crippen molar-refractivity contribution in [1.29, 1.82) is 0 Å². The Labute approximate surface area is 168 Å². The molecule has 0 fully saturated rings. The predicted molar refractivity (Wildman–Crippen MR) is 108 cm³/mol. The minimum atomic E-state index is -2.72. The third-order valence-corrected chi connectivity index (χ3v) is 7.00. The lowest BCUT2D eigenvalue weighted by Crippen LogP contribution is -2.42. The molecule has 150 valence electrons. The number of halogens is 4. The van der Waals surface area contributed by atoms with E-state index in [-0.39, 0.29) is 0 Å². The number of hydrogen-bond donors (Lipinski definition) is 0. The van der Waals surface area contributed by atoms with Crippen LogP contribution in [0.3, 0.4) is 0 Å². The Balaban J connectivity index is -0.000000298. The molecule has 0 aliphatic rings. The third-order valence-electron chi connectivity index (χ3n) is 2.33. The second-order valence-corrected chi connectivity index (χ2v) is 20.7. The standard InChI is InChI=1S/C7H18O3Si.C4H12O3Si.Cl4Si/c1-5-8-11(4,9-6-2)10-7-3;1-5-8(4,6-2)7-3;1-5(2,3)4/h5-7H2,1-4H3;1-4H3;. The van der Waals surface area contributed by atoms with Crippen LogP contribution in [0.15, 0.2) is 0 Å². The molecule has 6 nitrogen and oxygen atoms in total. The van der Waals surface area contributed by atoms with Gasteiger partial charge in [0, 0.05) is 54.2 Å². The smallest absolute Gasteiger partial charge is 0.377 e. The van der Waals surface area contributed by atoms with Gasteiger partial charge in [-0.15, -0.1) is 44.3 Å². The van der Waals surface area contributed by atoms with Gasteiger partial charge in [-0.2, -0.15) is 0 Å². The van der Waals surface area contributed by atoms with Crippen molar-refractivity contribution < 1.29 is 26.6 Å². The Bertz CT molecular complexity index is 252. The van der Waals surface area contributed by atoms with Crippen LogP contribution >= 0.6 is 44.3 Å². The van der Waals surface area contributed by atoms with Crippen LogP contribution in [0.1, 0.15) is 20.8 Å². The Kier molecular flexibility index (Phi) is 21.1. The maximum absolute atomic E-state index is 5.40. The second kappa shape index (κ2) is 16.7. The van der Waals surface area contributed by atoms with Crippen molar-refractivity contribution in [2.24, 2.45) is 0 Å². The first-order valence-corrected chi connectivity index (χ1v) is 17.7. The minimum absolute atomic E-state index is 0.655. The van der Waals surface area contributed by atoms with Crippen LogP contribution in [-0.2, 0) is 26.6 Å². The van der Waals surface area contributed by atoms with E-state index in [0.29, 0.717) is 19.8 Å². The Morgan fingerprint density at radius 2 is 0.792 bits per heavy atom. The summed E-state index contributed by atoms with van der Waals surface area (Å²) in [6, 6.07) is 0. The lowest BCUT2D eigenvalue weighted by molar-refractivity contribution is 0.0783. The van der Waals surface area contributed by atoms with Gasteiger partial charge < -0.3 is 26.6 Å². The summed E-state index contributed by atoms with van der Waals surface area (Å²) in [7, 11) is 0.327. The van der Waals surface area contributed by atoms with Gasteiger partial charge in [0.25, 0.3) is 0 Å². The van der Waals surface area contributed by atoms with Crippen molar-refractivity contribution in [3.05, 3.63) is 0 Å². The van der Waals surface area contributed by atoms with Gasteiger partial charge in [-0.05, 0) is 20.8 Å². The lowest BCUT2D eigenvalue weighted by atomic mass is 10.9. The molecule has 0 aromatic rings. The summed E-state index contributed by atoms with van der Waals surface area (Å²) in [4.78, 5) is 0. The van der Waals surface area contributed by atoms with Gasteiger partial charge in [0.1, 0.15) is 0 Å². The molecule has 0 aromatic carbocycles. The highest BCUT2D eigenvalue weighted by Crippen LogP contribution is 2.23.